The molecule has 0 amide bonds. The van der Waals surface area contributed by atoms with Crippen LogP contribution in [0.25, 0.3) is 0 Å². The number of nitriles is 2. The van der Waals surface area contributed by atoms with Crippen molar-refractivity contribution in [2.45, 2.75) is 12.0 Å². The molecule has 4 heteroatoms. The molecule has 60 valence electrons. The highest BCUT2D eigenvalue weighted by Gasteiger charge is 2.29. The van der Waals surface area contributed by atoms with Gasteiger partial charge in [-0.3, -0.25) is 0 Å². The van der Waals surface area contributed by atoms with E-state index in [9.17, 15) is 5.11 Å². The Kier molecular flexibility index (Phi) is 2.44. The molecule has 1 aromatic rings. The van der Waals surface area contributed by atoms with Crippen LogP contribution < -0.4 is 0 Å². The van der Waals surface area contributed by atoms with E-state index in [-0.39, 0.29) is 6.42 Å². The molecule has 0 fully saturated rings. The van der Waals surface area contributed by atoms with Crippen LogP contribution in [0.15, 0.2) is 17.5 Å². The van der Waals surface area contributed by atoms with Gasteiger partial charge in [-0.2, -0.15) is 10.5 Å². The highest BCUT2D eigenvalue weighted by molar-refractivity contribution is 7.10. The van der Waals surface area contributed by atoms with Crippen molar-refractivity contribution in [3.63, 3.8) is 0 Å². The molecule has 1 aromatic heterocycles. The average Bonchev–Trinajstić information content (AvgIpc) is 2.57. The zero-order valence-electron chi connectivity index (χ0n) is 6.19. The summed E-state index contributed by atoms with van der Waals surface area (Å²) in [5.41, 5.74) is -1.62. The van der Waals surface area contributed by atoms with Gasteiger partial charge in [0.2, 0.25) is 0 Å². The van der Waals surface area contributed by atoms with Crippen LogP contribution in [0.4, 0.5) is 0 Å². The lowest BCUT2D eigenvalue weighted by molar-refractivity contribution is 0.107. The smallest absolute Gasteiger partial charge is 0.199 e. The van der Waals surface area contributed by atoms with Crippen molar-refractivity contribution >= 4 is 11.3 Å². The van der Waals surface area contributed by atoms with Crippen molar-refractivity contribution in [1.29, 1.82) is 10.5 Å². The minimum Gasteiger partial charge on any atom is -0.370 e. The molecular weight excluding hydrogens is 172 g/mol. The van der Waals surface area contributed by atoms with Crippen LogP contribution in [0.5, 0.6) is 0 Å². The van der Waals surface area contributed by atoms with Crippen LogP contribution >= 0.6 is 11.3 Å². The van der Waals surface area contributed by atoms with Gasteiger partial charge >= 0.3 is 0 Å². The maximum absolute atomic E-state index is 9.61. The molecule has 12 heavy (non-hydrogen) atoms. The van der Waals surface area contributed by atoms with Crippen LogP contribution in [0.2, 0.25) is 0 Å². The molecule has 0 aliphatic carbocycles. The summed E-state index contributed by atoms with van der Waals surface area (Å²) in [4.78, 5) is 0.520. The molecule has 0 bridgehead atoms. The summed E-state index contributed by atoms with van der Waals surface area (Å²) < 4.78 is 0. The Morgan fingerprint density at radius 2 is 2.33 bits per heavy atom. The average molecular weight is 178 g/mol. The fraction of sp³-hybridized carbons (Fsp3) is 0.250. The van der Waals surface area contributed by atoms with Gasteiger partial charge in [0.25, 0.3) is 0 Å². The molecular formula is C8H6N2OS. The van der Waals surface area contributed by atoms with E-state index in [1.165, 1.54) is 11.3 Å². The molecule has 0 saturated carbocycles. The van der Waals surface area contributed by atoms with Crippen molar-refractivity contribution in [2.24, 2.45) is 0 Å². The van der Waals surface area contributed by atoms with Gasteiger partial charge in [-0.15, -0.1) is 11.3 Å². The van der Waals surface area contributed by atoms with E-state index in [4.69, 9.17) is 10.5 Å². The maximum atomic E-state index is 9.61. The van der Waals surface area contributed by atoms with E-state index >= 15 is 0 Å². The predicted octanol–water partition coefficient (Wildman–Crippen LogP) is 1.37. The Balaban J connectivity index is 2.99. The monoisotopic (exact) mass is 178 g/mol. The molecule has 3 nitrogen and oxygen atoms in total. The third-order valence-corrected chi connectivity index (χ3v) is 2.47. The molecule has 0 aromatic carbocycles. The molecule has 0 radical (unpaired) electrons. The van der Waals surface area contributed by atoms with Crippen LogP contribution in [-0.2, 0) is 5.60 Å². The second-order valence-electron chi connectivity index (χ2n) is 2.28. The number of aliphatic hydroxyl groups is 1. The molecule has 1 N–H and O–H groups in total. The van der Waals surface area contributed by atoms with Gasteiger partial charge in [0, 0.05) is 0 Å². The Labute approximate surface area is 74.1 Å². The SMILES string of the molecule is N#CCC(O)(C#N)c1cccs1. The van der Waals surface area contributed by atoms with Gasteiger partial charge in [-0.05, 0) is 11.4 Å². The first-order valence-corrected chi connectivity index (χ1v) is 4.15. The summed E-state index contributed by atoms with van der Waals surface area (Å²) in [5.74, 6) is 0. The van der Waals surface area contributed by atoms with Crippen molar-refractivity contribution in [3.05, 3.63) is 22.4 Å². The number of hydrogen-bond acceptors (Lipinski definition) is 4. The first-order chi connectivity index (χ1) is 5.73. The highest BCUT2D eigenvalue weighted by atomic mass is 32.1. The van der Waals surface area contributed by atoms with Crippen molar-refractivity contribution in [1.82, 2.24) is 0 Å². The molecule has 0 saturated heterocycles. The third kappa shape index (κ3) is 1.45. The van der Waals surface area contributed by atoms with Gasteiger partial charge in [-0.25, -0.2) is 0 Å². The second-order valence-corrected chi connectivity index (χ2v) is 3.23. The van der Waals surface area contributed by atoms with Crippen LogP contribution in [0, 0.1) is 22.7 Å². The Morgan fingerprint density at radius 1 is 1.58 bits per heavy atom. The predicted molar refractivity (Wildman–Crippen MR) is 44.1 cm³/mol. The van der Waals surface area contributed by atoms with Crippen molar-refractivity contribution in [3.8, 4) is 12.1 Å². The number of thiophene rings is 1. The summed E-state index contributed by atoms with van der Waals surface area (Å²) in [7, 11) is 0. The van der Waals surface area contributed by atoms with E-state index in [1.807, 2.05) is 0 Å². The summed E-state index contributed by atoms with van der Waals surface area (Å²) >= 11 is 1.27. The number of rotatable bonds is 2. The van der Waals surface area contributed by atoms with Gasteiger partial charge in [0.05, 0.1) is 17.4 Å². The quantitative estimate of drug-likeness (QED) is 0.695. The van der Waals surface area contributed by atoms with Crippen LogP contribution in [-0.4, -0.2) is 5.11 Å². The summed E-state index contributed by atoms with van der Waals surface area (Å²) in [5, 5.41) is 28.4. The van der Waals surface area contributed by atoms with Crippen molar-refractivity contribution in [2.75, 3.05) is 0 Å². The number of nitrogens with zero attached hydrogens (tertiary/aromatic N) is 2. The summed E-state index contributed by atoms with van der Waals surface area (Å²) in [6.45, 7) is 0. The summed E-state index contributed by atoms with van der Waals surface area (Å²) in [6, 6.07) is 6.89. The molecule has 0 spiro atoms. The lowest BCUT2D eigenvalue weighted by Crippen LogP contribution is -2.20. The largest absolute Gasteiger partial charge is 0.370 e. The maximum Gasteiger partial charge on any atom is 0.199 e. The molecule has 1 atom stereocenters. The number of hydrogen-bond donors (Lipinski definition) is 1. The van der Waals surface area contributed by atoms with Gasteiger partial charge in [0.15, 0.2) is 5.60 Å². The van der Waals surface area contributed by atoms with Gasteiger partial charge < -0.3 is 5.11 Å². The van der Waals surface area contributed by atoms with E-state index < -0.39 is 5.60 Å². The van der Waals surface area contributed by atoms with E-state index in [2.05, 4.69) is 0 Å². The first kappa shape index (κ1) is 8.73. The topological polar surface area (TPSA) is 67.8 Å². The molecule has 1 rings (SSSR count). The van der Waals surface area contributed by atoms with E-state index in [0.29, 0.717) is 4.88 Å². The zero-order chi connectivity index (χ0) is 9.03. The van der Waals surface area contributed by atoms with Crippen LogP contribution in [0.1, 0.15) is 11.3 Å². The molecule has 0 aliphatic heterocycles. The highest BCUT2D eigenvalue weighted by Crippen LogP contribution is 2.27. The fourth-order valence-electron chi connectivity index (χ4n) is 0.810. The minimum absolute atomic E-state index is 0.190. The Hall–Kier alpha value is -1.36. The molecule has 1 unspecified atom stereocenters. The van der Waals surface area contributed by atoms with Crippen molar-refractivity contribution < 1.29 is 5.11 Å². The normalized spacial score (nSPS) is 14.2. The summed E-state index contributed by atoms with van der Waals surface area (Å²) in [6.07, 6.45) is -0.190. The second kappa shape index (κ2) is 3.36. The van der Waals surface area contributed by atoms with Crippen LogP contribution in [0.3, 0.4) is 0 Å². The standard InChI is InChI=1S/C8H6N2OS/c9-4-3-8(11,6-10)7-2-1-5-12-7/h1-2,5,11H,3H2. The fourth-order valence-corrected chi connectivity index (χ4v) is 1.58. The van der Waals surface area contributed by atoms with E-state index in [0.717, 1.165) is 0 Å². The molecule has 1 heterocycles. The Bertz CT molecular complexity index is 333. The molecule has 0 aliphatic rings. The van der Waals surface area contributed by atoms with Gasteiger partial charge in [-0.1, -0.05) is 6.07 Å². The lowest BCUT2D eigenvalue weighted by atomic mass is 10.0. The lowest BCUT2D eigenvalue weighted by Gasteiger charge is -2.13. The van der Waals surface area contributed by atoms with Gasteiger partial charge in [0.1, 0.15) is 6.07 Å². The Morgan fingerprint density at radius 3 is 2.75 bits per heavy atom. The third-order valence-electron chi connectivity index (χ3n) is 1.45. The first-order valence-electron chi connectivity index (χ1n) is 3.27. The zero-order valence-corrected chi connectivity index (χ0v) is 7.01. The minimum atomic E-state index is -1.62. The van der Waals surface area contributed by atoms with E-state index in [1.54, 1.807) is 29.7 Å².